The first-order valence-corrected chi connectivity index (χ1v) is 10.2. The van der Waals surface area contributed by atoms with Crippen LogP contribution in [0.5, 0.6) is 0 Å². The summed E-state index contributed by atoms with van der Waals surface area (Å²) < 4.78 is 0. The molecule has 1 unspecified atom stereocenters. The van der Waals surface area contributed by atoms with Gasteiger partial charge in [-0.05, 0) is 19.3 Å². The van der Waals surface area contributed by atoms with Gasteiger partial charge < -0.3 is 11.5 Å². The van der Waals surface area contributed by atoms with Crippen molar-refractivity contribution in [3.8, 4) is 0 Å². The van der Waals surface area contributed by atoms with Gasteiger partial charge in [0.2, 0.25) is 11.8 Å². The molecule has 1 atom stereocenters. The Balaban J connectivity index is 3.50. The van der Waals surface area contributed by atoms with E-state index in [1.54, 1.807) is 0 Å². The lowest BCUT2D eigenvalue weighted by Crippen LogP contribution is -2.23. The van der Waals surface area contributed by atoms with E-state index < -0.39 is 0 Å². The van der Waals surface area contributed by atoms with E-state index in [-0.39, 0.29) is 17.7 Å². The van der Waals surface area contributed by atoms with Crippen LogP contribution in [0, 0.1) is 5.92 Å². The second-order valence-corrected chi connectivity index (χ2v) is 7.14. The van der Waals surface area contributed by atoms with Crippen molar-refractivity contribution in [2.75, 3.05) is 0 Å². The van der Waals surface area contributed by atoms with Gasteiger partial charge in [0.25, 0.3) is 0 Å². The van der Waals surface area contributed by atoms with Crippen molar-refractivity contribution >= 4 is 11.8 Å². The van der Waals surface area contributed by atoms with E-state index in [4.69, 9.17) is 11.5 Å². The van der Waals surface area contributed by atoms with Crippen LogP contribution in [-0.2, 0) is 9.59 Å². The van der Waals surface area contributed by atoms with E-state index in [1.165, 1.54) is 57.8 Å². The Kier molecular flexibility index (Phi) is 16.0. The highest BCUT2D eigenvalue weighted by molar-refractivity contribution is 5.76. The van der Waals surface area contributed by atoms with E-state index in [9.17, 15) is 9.59 Å². The minimum absolute atomic E-state index is 0.0757. The molecule has 0 heterocycles. The van der Waals surface area contributed by atoms with Gasteiger partial charge in [0.05, 0.1) is 0 Å². The smallest absolute Gasteiger partial charge is 0.220 e. The first-order valence-electron chi connectivity index (χ1n) is 10.2. The summed E-state index contributed by atoms with van der Waals surface area (Å²) in [5.41, 5.74) is 10.7. The van der Waals surface area contributed by atoms with Crippen LogP contribution < -0.4 is 11.5 Å². The minimum atomic E-state index is -0.196. The van der Waals surface area contributed by atoms with Crippen molar-refractivity contribution < 1.29 is 9.59 Å². The van der Waals surface area contributed by atoms with Crippen molar-refractivity contribution in [3.63, 3.8) is 0 Å². The van der Waals surface area contributed by atoms with E-state index in [2.05, 4.69) is 6.92 Å². The van der Waals surface area contributed by atoms with Crippen molar-refractivity contribution in [2.45, 2.75) is 110 Å². The Hall–Kier alpha value is -1.06. The lowest BCUT2D eigenvalue weighted by atomic mass is 9.93. The summed E-state index contributed by atoms with van der Waals surface area (Å²) in [6.45, 7) is 2.23. The molecule has 0 aromatic carbocycles. The molecule has 0 saturated heterocycles. The summed E-state index contributed by atoms with van der Waals surface area (Å²) >= 11 is 0. The number of rotatable bonds is 18. The highest BCUT2D eigenvalue weighted by Gasteiger charge is 2.14. The van der Waals surface area contributed by atoms with Gasteiger partial charge in [0.1, 0.15) is 0 Å². The largest absolute Gasteiger partial charge is 0.370 e. The average Bonchev–Trinajstić information content (AvgIpc) is 2.53. The summed E-state index contributed by atoms with van der Waals surface area (Å²) in [6, 6.07) is 0. The van der Waals surface area contributed by atoms with E-state index in [1.807, 2.05) is 0 Å². The van der Waals surface area contributed by atoms with Gasteiger partial charge in [-0.3, -0.25) is 9.59 Å². The molecule has 0 aliphatic heterocycles. The Morgan fingerprint density at radius 3 is 1.50 bits per heavy atom. The molecule has 0 aromatic rings. The Morgan fingerprint density at radius 1 is 0.667 bits per heavy atom. The van der Waals surface area contributed by atoms with Crippen molar-refractivity contribution in [2.24, 2.45) is 17.4 Å². The fourth-order valence-corrected chi connectivity index (χ4v) is 3.17. The molecule has 0 aliphatic rings. The van der Waals surface area contributed by atoms with Crippen LogP contribution in [0.15, 0.2) is 0 Å². The molecule has 142 valence electrons. The maximum atomic E-state index is 11.5. The molecule has 4 N–H and O–H groups in total. The molecule has 2 amide bonds. The second-order valence-electron chi connectivity index (χ2n) is 7.14. The molecule has 0 bridgehead atoms. The van der Waals surface area contributed by atoms with Crippen LogP contribution in [0.4, 0.5) is 0 Å². The predicted molar refractivity (Wildman–Crippen MR) is 101 cm³/mol. The SMILES string of the molecule is CCCCCCCCC(CCCCCCCCCC(N)=O)C(N)=O. The number of carbonyl (C=O) groups is 2. The number of hydrogen-bond donors (Lipinski definition) is 2. The van der Waals surface area contributed by atoms with E-state index in [0.29, 0.717) is 6.42 Å². The van der Waals surface area contributed by atoms with Gasteiger partial charge in [-0.1, -0.05) is 84.0 Å². The maximum Gasteiger partial charge on any atom is 0.220 e. The number of amides is 2. The zero-order chi connectivity index (χ0) is 18.0. The molecular weight excluding hydrogens is 300 g/mol. The number of carbonyl (C=O) groups excluding carboxylic acids is 2. The van der Waals surface area contributed by atoms with E-state index >= 15 is 0 Å². The highest BCUT2D eigenvalue weighted by Crippen LogP contribution is 2.19. The lowest BCUT2D eigenvalue weighted by molar-refractivity contribution is -0.122. The highest BCUT2D eigenvalue weighted by atomic mass is 16.1. The van der Waals surface area contributed by atoms with Gasteiger partial charge in [-0.15, -0.1) is 0 Å². The molecule has 0 spiro atoms. The Labute approximate surface area is 149 Å². The number of primary amides is 2. The van der Waals surface area contributed by atoms with Gasteiger partial charge in [-0.2, -0.15) is 0 Å². The van der Waals surface area contributed by atoms with Crippen molar-refractivity contribution in [1.82, 2.24) is 0 Å². The molecule has 0 aliphatic carbocycles. The summed E-state index contributed by atoms with van der Waals surface area (Å²) in [6.07, 6.45) is 17.9. The third-order valence-corrected chi connectivity index (χ3v) is 4.78. The van der Waals surface area contributed by atoms with Crippen LogP contribution >= 0.6 is 0 Å². The normalized spacial score (nSPS) is 12.2. The summed E-state index contributed by atoms with van der Waals surface area (Å²) in [5, 5.41) is 0. The van der Waals surface area contributed by atoms with Crippen LogP contribution in [0.1, 0.15) is 110 Å². The third-order valence-electron chi connectivity index (χ3n) is 4.78. The zero-order valence-electron chi connectivity index (χ0n) is 15.9. The quantitative estimate of drug-likeness (QED) is 0.350. The Morgan fingerprint density at radius 2 is 1.08 bits per heavy atom. The average molecular weight is 341 g/mol. The third kappa shape index (κ3) is 15.8. The second kappa shape index (κ2) is 16.8. The minimum Gasteiger partial charge on any atom is -0.370 e. The van der Waals surface area contributed by atoms with Crippen molar-refractivity contribution in [1.29, 1.82) is 0 Å². The molecule has 24 heavy (non-hydrogen) atoms. The molecule has 4 heteroatoms. The summed E-state index contributed by atoms with van der Waals surface area (Å²) in [7, 11) is 0. The van der Waals surface area contributed by atoms with Crippen LogP contribution in [0.3, 0.4) is 0 Å². The molecule has 0 radical (unpaired) electrons. The van der Waals surface area contributed by atoms with Gasteiger partial charge in [-0.25, -0.2) is 0 Å². The number of unbranched alkanes of at least 4 members (excludes halogenated alkanes) is 11. The molecule has 0 rings (SSSR count). The topological polar surface area (TPSA) is 86.2 Å². The zero-order valence-corrected chi connectivity index (χ0v) is 15.9. The summed E-state index contributed by atoms with van der Waals surface area (Å²) in [4.78, 5) is 22.2. The van der Waals surface area contributed by atoms with E-state index in [0.717, 1.165) is 38.5 Å². The maximum absolute atomic E-state index is 11.5. The van der Waals surface area contributed by atoms with Crippen LogP contribution in [0.2, 0.25) is 0 Å². The number of nitrogens with two attached hydrogens (primary N) is 2. The van der Waals surface area contributed by atoms with Gasteiger partial charge in [0, 0.05) is 12.3 Å². The standard InChI is InChI=1S/C20H40N2O2/c1-2-3-4-5-9-12-15-18(20(22)24)16-13-10-7-6-8-11-14-17-19(21)23/h18H,2-17H2,1H3,(H2,21,23)(H2,22,24). The monoisotopic (exact) mass is 340 g/mol. The predicted octanol–water partition coefficient (Wildman–Crippen LogP) is 4.83. The van der Waals surface area contributed by atoms with Crippen LogP contribution in [-0.4, -0.2) is 11.8 Å². The summed E-state index contributed by atoms with van der Waals surface area (Å²) in [5.74, 6) is -0.236. The van der Waals surface area contributed by atoms with Crippen molar-refractivity contribution in [3.05, 3.63) is 0 Å². The van der Waals surface area contributed by atoms with Crippen LogP contribution in [0.25, 0.3) is 0 Å². The first-order chi connectivity index (χ1) is 11.6. The Bertz CT molecular complexity index is 319. The fraction of sp³-hybridized carbons (Fsp3) is 0.900. The fourth-order valence-electron chi connectivity index (χ4n) is 3.17. The number of hydrogen-bond acceptors (Lipinski definition) is 2. The molecular formula is C20H40N2O2. The van der Waals surface area contributed by atoms with Gasteiger partial charge >= 0.3 is 0 Å². The molecule has 4 nitrogen and oxygen atoms in total. The molecule has 0 saturated carbocycles. The lowest BCUT2D eigenvalue weighted by Gasteiger charge is -2.13. The molecule has 0 fully saturated rings. The first kappa shape index (κ1) is 22.9. The molecule has 0 aromatic heterocycles. The van der Waals surface area contributed by atoms with Gasteiger partial charge in [0.15, 0.2) is 0 Å².